The van der Waals surface area contributed by atoms with E-state index in [-0.39, 0.29) is 0 Å². The smallest absolute Gasteiger partial charge is 0.0308 e. The molecule has 1 heterocycles. The van der Waals surface area contributed by atoms with Gasteiger partial charge in [0.2, 0.25) is 0 Å². The third-order valence-corrected chi connectivity index (χ3v) is 2.21. The molecular formula is C12H20N2. The van der Waals surface area contributed by atoms with Crippen LogP contribution in [0.1, 0.15) is 32.6 Å². The average Bonchev–Trinajstić information content (AvgIpc) is 2.46. The zero-order valence-corrected chi connectivity index (χ0v) is 9.00. The van der Waals surface area contributed by atoms with E-state index in [4.69, 9.17) is 0 Å². The highest BCUT2D eigenvalue weighted by atomic mass is 14.8. The third-order valence-electron chi connectivity index (χ3n) is 2.21. The number of hydrogen-bond acceptors (Lipinski definition) is 2. The number of nitrogens with one attached hydrogen (secondary N) is 1. The van der Waals surface area contributed by atoms with Gasteiger partial charge >= 0.3 is 0 Å². The fourth-order valence-electron chi connectivity index (χ4n) is 1.37. The number of rotatable bonds is 6. The van der Waals surface area contributed by atoms with Crippen molar-refractivity contribution in [3.05, 3.63) is 23.9 Å². The molecule has 0 aromatic rings. The van der Waals surface area contributed by atoms with E-state index in [2.05, 4.69) is 29.4 Å². The maximum Gasteiger partial charge on any atom is 0.0308 e. The van der Waals surface area contributed by atoms with Gasteiger partial charge in [0.05, 0.1) is 0 Å². The summed E-state index contributed by atoms with van der Waals surface area (Å²) in [6, 6.07) is 0. The van der Waals surface area contributed by atoms with Gasteiger partial charge < -0.3 is 5.32 Å². The lowest BCUT2D eigenvalue weighted by Crippen LogP contribution is -2.17. The van der Waals surface area contributed by atoms with E-state index in [1.807, 2.05) is 12.4 Å². The highest BCUT2D eigenvalue weighted by molar-refractivity contribution is 5.61. The Morgan fingerprint density at radius 2 is 2.36 bits per heavy atom. The van der Waals surface area contributed by atoms with Crippen LogP contribution in [-0.4, -0.2) is 19.3 Å². The second-order valence-corrected chi connectivity index (χ2v) is 3.56. The Bertz CT molecular complexity index is 226. The SMILES string of the molecule is CCCCCNCC1=CN=CCC=C1. The van der Waals surface area contributed by atoms with E-state index in [1.54, 1.807) is 0 Å². The summed E-state index contributed by atoms with van der Waals surface area (Å²) in [7, 11) is 0. The molecule has 0 aromatic carbocycles. The highest BCUT2D eigenvalue weighted by Crippen LogP contribution is 2.01. The van der Waals surface area contributed by atoms with Crippen molar-refractivity contribution < 1.29 is 0 Å². The first-order valence-electron chi connectivity index (χ1n) is 5.51. The van der Waals surface area contributed by atoms with Crippen molar-refractivity contribution in [2.24, 2.45) is 4.99 Å². The maximum absolute atomic E-state index is 4.18. The minimum Gasteiger partial charge on any atom is -0.313 e. The summed E-state index contributed by atoms with van der Waals surface area (Å²) in [5.41, 5.74) is 1.27. The van der Waals surface area contributed by atoms with Crippen LogP contribution in [0.4, 0.5) is 0 Å². The Labute approximate surface area is 86.8 Å². The summed E-state index contributed by atoms with van der Waals surface area (Å²) in [5, 5.41) is 3.42. The topological polar surface area (TPSA) is 24.4 Å². The average molecular weight is 192 g/mol. The zero-order chi connectivity index (χ0) is 10.1. The second-order valence-electron chi connectivity index (χ2n) is 3.56. The van der Waals surface area contributed by atoms with E-state index < -0.39 is 0 Å². The molecule has 0 saturated carbocycles. The van der Waals surface area contributed by atoms with Gasteiger partial charge in [-0.05, 0) is 18.5 Å². The van der Waals surface area contributed by atoms with Crippen LogP contribution in [0.15, 0.2) is 28.9 Å². The van der Waals surface area contributed by atoms with Crippen LogP contribution >= 0.6 is 0 Å². The van der Waals surface area contributed by atoms with Crippen LogP contribution < -0.4 is 5.32 Å². The van der Waals surface area contributed by atoms with Crippen LogP contribution in [0.25, 0.3) is 0 Å². The number of unbranched alkanes of at least 4 members (excludes halogenated alkanes) is 2. The lowest BCUT2D eigenvalue weighted by Gasteiger charge is -2.03. The van der Waals surface area contributed by atoms with Gasteiger partial charge in [0.15, 0.2) is 0 Å². The quantitative estimate of drug-likeness (QED) is 0.643. The molecule has 2 heteroatoms. The highest BCUT2D eigenvalue weighted by Gasteiger charge is 1.93. The van der Waals surface area contributed by atoms with Gasteiger partial charge in [0.1, 0.15) is 0 Å². The van der Waals surface area contributed by atoms with Gasteiger partial charge in [-0.2, -0.15) is 0 Å². The minimum absolute atomic E-state index is 0.942. The number of nitrogens with zero attached hydrogens (tertiary/aromatic N) is 1. The molecule has 1 N–H and O–H groups in total. The Kier molecular flexibility index (Phi) is 6.00. The Morgan fingerprint density at radius 3 is 3.21 bits per heavy atom. The van der Waals surface area contributed by atoms with Gasteiger partial charge in [0, 0.05) is 25.4 Å². The molecule has 0 spiro atoms. The standard InChI is InChI=1S/C12H20N2/c1-2-3-5-8-13-10-12-7-4-6-9-14-11-12/h4,7,9,11,13H,2-3,5-6,8,10H2,1H3. The zero-order valence-electron chi connectivity index (χ0n) is 9.00. The van der Waals surface area contributed by atoms with E-state index in [0.29, 0.717) is 0 Å². The second kappa shape index (κ2) is 7.51. The first-order chi connectivity index (χ1) is 6.93. The van der Waals surface area contributed by atoms with Crippen LogP contribution in [-0.2, 0) is 0 Å². The van der Waals surface area contributed by atoms with Gasteiger partial charge in [-0.15, -0.1) is 0 Å². The third kappa shape index (κ3) is 4.97. The molecular weight excluding hydrogens is 172 g/mol. The van der Waals surface area contributed by atoms with Crippen molar-refractivity contribution in [3.8, 4) is 0 Å². The van der Waals surface area contributed by atoms with Gasteiger partial charge in [0.25, 0.3) is 0 Å². The van der Waals surface area contributed by atoms with Crippen LogP contribution in [0.3, 0.4) is 0 Å². The molecule has 0 aromatic heterocycles. The normalized spacial score (nSPS) is 15.4. The summed E-state index contributed by atoms with van der Waals surface area (Å²) < 4.78 is 0. The van der Waals surface area contributed by atoms with Crippen LogP contribution in [0.2, 0.25) is 0 Å². The molecule has 0 unspecified atom stereocenters. The van der Waals surface area contributed by atoms with Crippen LogP contribution in [0.5, 0.6) is 0 Å². The van der Waals surface area contributed by atoms with E-state index in [1.165, 1.54) is 24.8 Å². The lowest BCUT2D eigenvalue weighted by atomic mass is 10.2. The first-order valence-corrected chi connectivity index (χ1v) is 5.51. The number of allylic oxidation sites excluding steroid dienone is 1. The Balaban J connectivity index is 2.11. The minimum atomic E-state index is 0.942. The molecule has 0 radical (unpaired) electrons. The maximum atomic E-state index is 4.18. The molecule has 1 aliphatic rings. The fourth-order valence-corrected chi connectivity index (χ4v) is 1.37. The summed E-state index contributed by atoms with van der Waals surface area (Å²) in [6.07, 6.45) is 13.0. The molecule has 0 aliphatic carbocycles. The molecule has 14 heavy (non-hydrogen) atoms. The molecule has 0 fully saturated rings. The van der Waals surface area contributed by atoms with Gasteiger partial charge in [-0.25, -0.2) is 0 Å². The molecule has 0 saturated heterocycles. The fraction of sp³-hybridized carbons (Fsp3) is 0.583. The molecule has 2 nitrogen and oxygen atoms in total. The summed E-state index contributed by atoms with van der Waals surface area (Å²) >= 11 is 0. The van der Waals surface area contributed by atoms with E-state index in [0.717, 1.165) is 19.5 Å². The Morgan fingerprint density at radius 1 is 1.43 bits per heavy atom. The van der Waals surface area contributed by atoms with Gasteiger partial charge in [-0.1, -0.05) is 31.9 Å². The van der Waals surface area contributed by atoms with Crippen molar-refractivity contribution in [1.29, 1.82) is 0 Å². The molecule has 1 aliphatic heterocycles. The van der Waals surface area contributed by atoms with Crippen molar-refractivity contribution in [2.45, 2.75) is 32.6 Å². The molecule has 0 bridgehead atoms. The predicted molar refractivity (Wildman–Crippen MR) is 62.7 cm³/mol. The number of aliphatic imine (C=N–C) groups is 1. The van der Waals surface area contributed by atoms with Crippen molar-refractivity contribution in [2.75, 3.05) is 13.1 Å². The largest absolute Gasteiger partial charge is 0.313 e. The van der Waals surface area contributed by atoms with Crippen molar-refractivity contribution in [3.63, 3.8) is 0 Å². The molecule has 78 valence electrons. The Hall–Kier alpha value is -0.890. The first kappa shape index (κ1) is 11.2. The molecule has 0 atom stereocenters. The van der Waals surface area contributed by atoms with E-state index in [9.17, 15) is 0 Å². The van der Waals surface area contributed by atoms with Crippen molar-refractivity contribution in [1.82, 2.24) is 5.32 Å². The lowest BCUT2D eigenvalue weighted by molar-refractivity contribution is 0.642. The summed E-state index contributed by atoms with van der Waals surface area (Å²) in [5.74, 6) is 0. The molecule has 0 amide bonds. The summed E-state index contributed by atoms with van der Waals surface area (Å²) in [6.45, 7) is 4.28. The van der Waals surface area contributed by atoms with Crippen LogP contribution in [0, 0.1) is 0 Å². The predicted octanol–water partition coefficient (Wildman–Crippen LogP) is 2.68. The monoisotopic (exact) mass is 192 g/mol. The van der Waals surface area contributed by atoms with E-state index >= 15 is 0 Å². The van der Waals surface area contributed by atoms with Crippen molar-refractivity contribution >= 4 is 6.21 Å². The molecule has 1 rings (SSSR count). The number of hydrogen-bond donors (Lipinski definition) is 1. The van der Waals surface area contributed by atoms with Gasteiger partial charge in [-0.3, -0.25) is 4.99 Å². The summed E-state index contributed by atoms with van der Waals surface area (Å²) in [4.78, 5) is 4.18.